The molecule has 0 aromatic carbocycles. The second-order valence-electron chi connectivity index (χ2n) is 4.49. The van der Waals surface area contributed by atoms with Crippen LogP contribution < -0.4 is 5.32 Å². The molecule has 1 aromatic rings. The molecule has 0 spiro atoms. The molecule has 1 rings (SSSR count). The summed E-state index contributed by atoms with van der Waals surface area (Å²) >= 11 is 0. The van der Waals surface area contributed by atoms with Gasteiger partial charge in [-0.25, -0.2) is 0 Å². The summed E-state index contributed by atoms with van der Waals surface area (Å²) in [5, 5.41) is 3.15. The maximum atomic E-state index is 5.74. The van der Waals surface area contributed by atoms with Crippen LogP contribution in [0.3, 0.4) is 0 Å². The Kier molecular flexibility index (Phi) is 6.01. The largest absolute Gasteiger partial charge is 0.465 e. The second kappa shape index (κ2) is 7.30. The summed E-state index contributed by atoms with van der Waals surface area (Å²) in [6.45, 7) is 8.58. The molecule has 0 atom stereocenters. The molecule has 3 nitrogen and oxygen atoms in total. The standard InChI is InChI=1S/C14H24N2O/c1-5-6-7-8-16(4)11-14-9-13(10-15-3)12(2)17-14/h5,9,15H,1,6-8,10-11H2,2-4H3. The van der Waals surface area contributed by atoms with E-state index in [1.165, 1.54) is 5.56 Å². The number of nitrogens with zero attached hydrogens (tertiary/aromatic N) is 1. The topological polar surface area (TPSA) is 28.4 Å². The zero-order chi connectivity index (χ0) is 12.7. The van der Waals surface area contributed by atoms with Gasteiger partial charge in [-0.1, -0.05) is 6.08 Å². The summed E-state index contributed by atoms with van der Waals surface area (Å²) in [4.78, 5) is 2.28. The predicted molar refractivity (Wildman–Crippen MR) is 72.0 cm³/mol. The van der Waals surface area contributed by atoms with E-state index in [4.69, 9.17) is 4.42 Å². The number of allylic oxidation sites excluding steroid dienone is 1. The Morgan fingerprint density at radius 3 is 2.94 bits per heavy atom. The Labute approximate surface area is 104 Å². The molecule has 0 fully saturated rings. The Balaban J connectivity index is 2.44. The Bertz CT molecular complexity index is 344. The zero-order valence-electron chi connectivity index (χ0n) is 11.3. The van der Waals surface area contributed by atoms with E-state index >= 15 is 0 Å². The van der Waals surface area contributed by atoms with Gasteiger partial charge in [0.15, 0.2) is 0 Å². The van der Waals surface area contributed by atoms with Crippen molar-refractivity contribution in [3.63, 3.8) is 0 Å². The summed E-state index contributed by atoms with van der Waals surface area (Å²) in [6.07, 6.45) is 4.20. The predicted octanol–water partition coefficient (Wildman–Crippen LogP) is 2.71. The fraction of sp³-hybridized carbons (Fsp3) is 0.571. The van der Waals surface area contributed by atoms with Gasteiger partial charge in [-0.3, -0.25) is 4.90 Å². The van der Waals surface area contributed by atoms with Gasteiger partial charge < -0.3 is 9.73 Å². The van der Waals surface area contributed by atoms with Crippen molar-refractivity contribution in [2.24, 2.45) is 0 Å². The van der Waals surface area contributed by atoms with Gasteiger partial charge in [0, 0.05) is 12.1 Å². The maximum Gasteiger partial charge on any atom is 0.118 e. The lowest BCUT2D eigenvalue weighted by molar-refractivity contribution is 0.289. The van der Waals surface area contributed by atoms with Crippen molar-refractivity contribution in [2.45, 2.75) is 32.9 Å². The molecule has 0 radical (unpaired) electrons. The Morgan fingerprint density at radius 1 is 1.53 bits per heavy atom. The summed E-state index contributed by atoms with van der Waals surface area (Å²) in [5.41, 5.74) is 1.25. The molecule has 3 heteroatoms. The van der Waals surface area contributed by atoms with Crippen molar-refractivity contribution in [3.8, 4) is 0 Å². The molecule has 1 heterocycles. The van der Waals surface area contributed by atoms with Crippen LogP contribution in [0.25, 0.3) is 0 Å². The highest BCUT2D eigenvalue weighted by molar-refractivity contribution is 5.20. The van der Waals surface area contributed by atoms with Crippen LogP contribution in [0.1, 0.15) is 29.9 Å². The van der Waals surface area contributed by atoms with Crippen LogP contribution in [0.2, 0.25) is 0 Å². The molecular formula is C14H24N2O. The number of rotatable bonds is 8. The monoisotopic (exact) mass is 236 g/mol. The number of hydrogen-bond acceptors (Lipinski definition) is 3. The van der Waals surface area contributed by atoms with Gasteiger partial charge in [0.2, 0.25) is 0 Å². The smallest absolute Gasteiger partial charge is 0.118 e. The number of unbranched alkanes of at least 4 members (excludes halogenated alkanes) is 1. The zero-order valence-corrected chi connectivity index (χ0v) is 11.3. The maximum absolute atomic E-state index is 5.74. The molecule has 0 amide bonds. The lowest BCUT2D eigenvalue weighted by atomic mass is 10.2. The molecule has 0 aliphatic heterocycles. The molecule has 0 saturated heterocycles. The number of hydrogen-bond donors (Lipinski definition) is 1. The third kappa shape index (κ3) is 4.75. The van der Waals surface area contributed by atoms with E-state index in [0.29, 0.717) is 0 Å². The van der Waals surface area contributed by atoms with Crippen molar-refractivity contribution in [1.29, 1.82) is 0 Å². The highest BCUT2D eigenvalue weighted by Crippen LogP contribution is 2.15. The SMILES string of the molecule is C=CCCCN(C)Cc1cc(CNC)c(C)o1. The van der Waals surface area contributed by atoms with E-state index < -0.39 is 0 Å². The Hall–Kier alpha value is -1.06. The van der Waals surface area contributed by atoms with Crippen molar-refractivity contribution >= 4 is 0 Å². The van der Waals surface area contributed by atoms with Crippen LogP contribution in [-0.4, -0.2) is 25.5 Å². The lowest BCUT2D eigenvalue weighted by Crippen LogP contribution is -2.18. The van der Waals surface area contributed by atoms with E-state index in [-0.39, 0.29) is 0 Å². The quantitative estimate of drug-likeness (QED) is 0.555. The minimum atomic E-state index is 0.871. The molecule has 0 bridgehead atoms. The molecule has 0 aliphatic rings. The minimum absolute atomic E-state index is 0.871. The van der Waals surface area contributed by atoms with Gasteiger partial charge in [0.25, 0.3) is 0 Å². The first-order valence-corrected chi connectivity index (χ1v) is 6.19. The molecular weight excluding hydrogens is 212 g/mol. The molecule has 0 aliphatic carbocycles. The van der Waals surface area contributed by atoms with Gasteiger partial charge in [-0.15, -0.1) is 6.58 Å². The summed E-state index contributed by atoms with van der Waals surface area (Å²) in [7, 11) is 4.08. The van der Waals surface area contributed by atoms with E-state index in [2.05, 4.69) is 29.9 Å². The minimum Gasteiger partial charge on any atom is -0.465 e. The molecule has 1 aromatic heterocycles. The summed E-state index contributed by atoms with van der Waals surface area (Å²) in [5.74, 6) is 2.07. The van der Waals surface area contributed by atoms with Crippen LogP contribution >= 0.6 is 0 Å². The number of aryl methyl sites for hydroxylation is 1. The Morgan fingerprint density at radius 2 is 2.29 bits per heavy atom. The molecule has 96 valence electrons. The average Bonchev–Trinajstić information content (AvgIpc) is 2.60. The highest BCUT2D eigenvalue weighted by atomic mass is 16.3. The normalized spacial score (nSPS) is 11.1. The van der Waals surface area contributed by atoms with Crippen LogP contribution in [0.4, 0.5) is 0 Å². The van der Waals surface area contributed by atoms with Gasteiger partial charge in [0.05, 0.1) is 6.54 Å². The average molecular weight is 236 g/mol. The van der Waals surface area contributed by atoms with Crippen molar-refractivity contribution in [3.05, 3.63) is 35.8 Å². The van der Waals surface area contributed by atoms with E-state index in [1.54, 1.807) is 0 Å². The van der Waals surface area contributed by atoms with Crippen LogP contribution in [-0.2, 0) is 13.1 Å². The molecule has 0 unspecified atom stereocenters. The third-order valence-corrected chi connectivity index (χ3v) is 2.81. The first-order valence-electron chi connectivity index (χ1n) is 6.19. The van der Waals surface area contributed by atoms with E-state index in [9.17, 15) is 0 Å². The van der Waals surface area contributed by atoms with E-state index in [1.807, 2.05) is 20.0 Å². The first-order chi connectivity index (χ1) is 8.17. The summed E-state index contributed by atoms with van der Waals surface area (Å²) in [6, 6.07) is 2.15. The lowest BCUT2D eigenvalue weighted by Gasteiger charge is -2.13. The van der Waals surface area contributed by atoms with Crippen molar-refractivity contribution in [2.75, 3.05) is 20.6 Å². The second-order valence-corrected chi connectivity index (χ2v) is 4.49. The fourth-order valence-corrected chi connectivity index (χ4v) is 1.88. The van der Waals surface area contributed by atoms with Crippen molar-refractivity contribution < 1.29 is 4.42 Å². The van der Waals surface area contributed by atoms with Crippen LogP contribution in [0, 0.1) is 6.92 Å². The van der Waals surface area contributed by atoms with Crippen LogP contribution in [0.15, 0.2) is 23.1 Å². The van der Waals surface area contributed by atoms with Gasteiger partial charge in [0.1, 0.15) is 11.5 Å². The van der Waals surface area contributed by atoms with Gasteiger partial charge >= 0.3 is 0 Å². The van der Waals surface area contributed by atoms with Crippen LogP contribution in [0.5, 0.6) is 0 Å². The fourth-order valence-electron chi connectivity index (χ4n) is 1.88. The third-order valence-electron chi connectivity index (χ3n) is 2.81. The van der Waals surface area contributed by atoms with Gasteiger partial charge in [-0.2, -0.15) is 0 Å². The summed E-state index contributed by atoms with van der Waals surface area (Å²) < 4.78 is 5.74. The highest BCUT2D eigenvalue weighted by Gasteiger charge is 2.08. The molecule has 0 saturated carbocycles. The van der Waals surface area contributed by atoms with Gasteiger partial charge in [-0.05, 0) is 46.5 Å². The van der Waals surface area contributed by atoms with E-state index in [0.717, 1.165) is 44.0 Å². The van der Waals surface area contributed by atoms with Crippen molar-refractivity contribution in [1.82, 2.24) is 10.2 Å². The first kappa shape index (κ1) is 14.0. The number of nitrogens with one attached hydrogen (secondary N) is 1. The molecule has 17 heavy (non-hydrogen) atoms. The number of furan rings is 1. The molecule has 1 N–H and O–H groups in total.